The summed E-state index contributed by atoms with van der Waals surface area (Å²) in [5.41, 5.74) is 6.53. The molecule has 0 bridgehead atoms. The first-order valence-electron chi connectivity index (χ1n) is 12.5. The summed E-state index contributed by atoms with van der Waals surface area (Å²) in [5, 5.41) is 12.2. The number of carbonyl (C=O) groups is 1. The van der Waals surface area contributed by atoms with Crippen molar-refractivity contribution in [3.63, 3.8) is 0 Å². The molecule has 1 aromatic heterocycles. The molecule has 6 nitrogen and oxygen atoms in total. The van der Waals surface area contributed by atoms with Crippen LogP contribution in [0.3, 0.4) is 0 Å². The standard InChI is InChI=1S/C29H26F3N3O3S/c1-2-13-34-16-23(28(37)38)35-26(36)25(33)22(15-18-9-5-8-17-7-3-4-12-21(17)18)24(27(35)39-34)19-10-6-11-20(14-19)29(30,31)32/h3-12,14,23H,2,13,15-16,33H2,1H3,(H,37,38). The van der Waals surface area contributed by atoms with Crippen LogP contribution in [0.15, 0.2) is 76.6 Å². The fraction of sp³-hybridized carbons (Fsp3) is 0.241. The summed E-state index contributed by atoms with van der Waals surface area (Å²) < 4.78 is 44.2. The molecular weight excluding hydrogens is 527 g/mol. The molecule has 5 rings (SSSR count). The number of anilines is 1. The van der Waals surface area contributed by atoms with Crippen LogP contribution in [-0.2, 0) is 17.4 Å². The van der Waals surface area contributed by atoms with Crippen molar-refractivity contribution in [1.29, 1.82) is 0 Å². The topological polar surface area (TPSA) is 88.6 Å². The molecule has 1 aliphatic heterocycles. The van der Waals surface area contributed by atoms with Crippen molar-refractivity contribution in [2.45, 2.75) is 37.0 Å². The van der Waals surface area contributed by atoms with Crippen LogP contribution >= 0.6 is 11.9 Å². The van der Waals surface area contributed by atoms with E-state index < -0.39 is 29.3 Å². The van der Waals surface area contributed by atoms with Crippen LogP contribution in [0.1, 0.15) is 36.1 Å². The summed E-state index contributed by atoms with van der Waals surface area (Å²) in [6.45, 7) is 2.54. The van der Waals surface area contributed by atoms with Crippen molar-refractivity contribution < 1.29 is 23.1 Å². The zero-order valence-electron chi connectivity index (χ0n) is 21.0. The number of hydrogen-bond donors (Lipinski definition) is 2. The Hall–Kier alpha value is -3.76. The molecule has 0 fully saturated rings. The molecule has 0 saturated heterocycles. The number of fused-ring (bicyclic) bond motifs is 2. The van der Waals surface area contributed by atoms with Gasteiger partial charge in [-0.2, -0.15) is 13.2 Å². The molecule has 4 aromatic rings. The molecule has 10 heteroatoms. The number of nitrogen functional groups attached to an aromatic ring is 1. The van der Waals surface area contributed by atoms with Gasteiger partial charge in [0, 0.05) is 25.1 Å². The molecule has 1 aliphatic rings. The number of rotatable bonds is 6. The van der Waals surface area contributed by atoms with Gasteiger partial charge in [-0.1, -0.05) is 61.5 Å². The van der Waals surface area contributed by atoms with Crippen LogP contribution in [0, 0.1) is 0 Å². The quantitative estimate of drug-likeness (QED) is 0.276. The van der Waals surface area contributed by atoms with Crippen molar-refractivity contribution in [3.8, 4) is 11.1 Å². The number of carboxylic acids is 1. The van der Waals surface area contributed by atoms with E-state index in [1.54, 1.807) is 0 Å². The van der Waals surface area contributed by atoms with Gasteiger partial charge in [0.05, 0.1) is 5.56 Å². The SMILES string of the molecule is CCCN1CC(C(=O)O)n2c(c(-c3cccc(C(F)(F)F)c3)c(Cc3cccc4ccccc34)c(N)c2=O)S1. The highest BCUT2D eigenvalue weighted by Gasteiger charge is 2.37. The van der Waals surface area contributed by atoms with Crippen LogP contribution < -0.4 is 11.3 Å². The predicted octanol–water partition coefficient (Wildman–Crippen LogP) is 6.22. The average molecular weight is 554 g/mol. The molecule has 0 saturated carbocycles. The number of aromatic nitrogens is 1. The number of nitrogens with two attached hydrogens (primary N) is 1. The molecule has 2 heterocycles. The first kappa shape index (κ1) is 26.8. The smallest absolute Gasteiger partial charge is 0.416 e. The lowest BCUT2D eigenvalue weighted by Crippen LogP contribution is -2.43. The van der Waals surface area contributed by atoms with Gasteiger partial charge in [0.1, 0.15) is 16.8 Å². The highest BCUT2D eigenvalue weighted by atomic mass is 32.2. The predicted molar refractivity (Wildman–Crippen MR) is 147 cm³/mol. The number of halogens is 3. The first-order valence-corrected chi connectivity index (χ1v) is 13.2. The van der Waals surface area contributed by atoms with Crippen molar-refractivity contribution in [2.24, 2.45) is 0 Å². The Morgan fingerprint density at radius 2 is 1.82 bits per heavy atom. The lowest BCUT2D eigenvalue weighted by molar-refractivity contribution is -0.141. The van der Waals surface area contributed by atoms with E-state index in [-0.39, 0.29) is 29.2 Å². The molecule has 0 spiro atoms. The maximum Gasteiger partial charge on any atom is 0.416 e. The van der Waals surface area contributed by atoms with Crippen molar-refractivity contribution in [3.05, 3.63) is 93.8 Å². The van der Waals surface area contributed by atoms with E-state index in [4.69, 9.17) is 5.73 Å². The van der Waals surface area contributed by atoms with Gasteiger partial charge < -0.3 is 10.8 Å². The lowest BCUT2D eigenvalue weighted by Gasteiger charge is -2.35. The van der Waals surface area contributed by atoms with Gasteiger partial charge in [-0.3, -0.25) is 9.36 Å². The third-order valence-corrected chi connectivity index (χ3v) is 8.06. The monoisotopic (exact) mass is 553 g/mol. The maximum absolute atomic E-state index is 13.7. The Morgan fingerprint density at radius 3 is 2.54 bits per heavy atom. The fourth-order valence-electron chi connectivity index (χ4n) is 5.09. The summed E-state index contributed by atoms with van der Waals surface area (Å²) in [6.07, 6.45) is -3.69. The van der Waals surface area contributed by atoms with Gasteiger partial charge in [-0.15, -0.1) is 0 Å². The van der Waals surface area contributed by atoms with Crippen LogP contribution in [0.5, 0.6) is 0 Å². The number of nitrogens with zero attached hydrogens (tertiary/aromatic N) is 2. The van der Waals surface area contributed by atoms with Gasteiger partial charge in [-0.25, -0.2) is 9.10 Å². The second kappa shape index (κ2) is 10.4. The van der Waals surface area contributed by atoms with E-state index >= 15 is 0 Å². The highest BCUT2D eigenvalue weighted by molar-refractivity contribution is 7.97. The van der Waals surface area contributed by atoms with Crippen molar-refractivity contribution in [1.82, 2.24) is 8.87 Å². The molecule has 0 aliphatic carbocycles. The molecule has 3 N–H and O–H groups in total. The fourth-order valence-corrected chi connectivity index (χ4v) is 6.45. The molecule has 0 amide bonds. The van der Waals surface area contributed by atoms with Crippen LogP contribution in [-0.4, -0.2) is 33.0 Å². The molecule has 1 unspecified atom stereocenters. The average Bonchev–Trinajstić information content (AvgIpc) is 2.91. The van der Waals surface area contributed by atoms with E-state index in [0.29, 0.717) is 17.7 Å². The van der Waals surface area contributed by atoms with Gasteiger partial charge in [-0.05, 0) is 58.0 Å². The number of alkyl halides is 3. The van der Waals surface area contributed by atoms with Gasteiger partial charge in [0.2, 0.25) is 0 Å². The number of aliphatic carboxylic acids is 1. The molecule has 3 aromatic carbocycles. The Kier molecular flexibility index (Phi) is 7.17. The highest BCUT2D eigenvalue weighted by Crippen LogP contribution is 2.44. The summed E-state index contributed by atoms with van der Waals surface area (Å²) in [6, 6.07) is 17.0. The van der Waals surface area contributed by atoms with Gasteiger partial charge in [0.25, 0.3) is 5.56 Å². The molecule has 39 heavy (non-hydrogen) atoms. The maximum atomic E-state index is 13.7. The number of hydrogen-bond acceptors (Lipinski definition) is 5. The van der Waals surface area contributed by atoms with Gasteiger partial charge >= 0.3 is 12.1 Å². The van der Waals surface area contributed by atoms with E-state index in [1.165, 1.54) is 24.1 Å². The van der Waals surface area contributed by atoms with Crippen LogP contribution in [0.25, 0.3) is 21.9 Å². The van der Waals surface area contributed by atoms with Gasteiger partial charge in [0.15, 0.2) is 0 Å². The third-order valence-electron chi connectivity index (χ3n) is 6.90. The second-order valence-electron chi connectivity index (χ2n) is 9.47. The molecule has 1 atom stereocenters. The minimum absolute atomic E-state index is 0.0604. The van der Waals surface area contributed by atoms with E-state index in [9.17, 15) is 27.9 Å². The Bertz CT molecular complexity index is 1630. The third kappa shape index (κ3) is 5.02. The van der Waals surface area contributed by atoms with E-state index in [0.717, 1.165) is 39.5 Å². The molecular formula is C29H26F3N3O3S. The normalized spacial score (nSPS) is 15.8. The minimum atomic E-state index is -4.59. The van der Waals surface area contributed by atoms with E-state index in [2.05, 4.69) is 0 Å². The minimum Gasteiger partial charge on any atom is -0.480 e. The molecule has 0 radical (unpaired) electrons. The lowest BCUT2D eigenvalue weighted by atomic mass is 9.92. The number of carboxylic acid groups (broad SMARTS) is 1. The largest absolute Gasteiger partial charge is 0.480 e. The summed E-state index contributed by atoms with van der Waals surface area (Å²) in [7, 11) is 0. The van der Waals surface area contributed by atoms with E-state index in [1.807, 2.05) is 53.7 Å². The summed E-state index contributed by atoms with van der Waals surface area (Å²) >= 11 is 1.18. The molecule has 202 valence electrons. The Labute approximate surface area is 227 Å². The van der Waals surface area contributed by atoms with Crippen molar-refractivity contribution in [2.75, 3.05) is 18.8 Å². The first-order chi connectivity index (χ1) is 18.6. The number of benzene rings is 3. The van der Waals surface area contributed by atoms with Crippen LogP contribution in [0.2, 0.25) is 0 Å². The zero-order chi connectivity index (χ0) is 27.9. The zero-order valence-corrected chi connectivity index (χ0v) is 21.9. The van der Waals surface area contributed by atoms with Crippen LogP contribution in [0.4, 0.5) is 18.9 Å². The Balaban J connectivity index is 1.83. The summed E-state index contributed by atoms with van der Waals surface area (Å²) in [4.78, 5) is 25.9. The summed E-state index contributed by atoms with van der Waals surface area (Å²) in [5.74, 6) is -1.21. The Morgan fingerprint density at radius 1 is 1.10 bits per heavy atom. The second-order valence-corrected chi connectivity index (χ2v) is 10.6. The van der Waals surface area contributed by atoms with Crippen molar-refractivity contribution >= 4 is 34.4 Å². The number of pyridine rings is 1.